The molecule has 6 nitrogen and oxygen atoms in total. The minimum atomic E-state index is 0.687. The average Bonchev–Trinajstić information content (AvgIpc) is 2.93. The van der Waals surface area contributed by atoms with Gasteiger partial charge in [-0.3, -0.25) is 0 Å². The molecule has 0 aliphatic carbocycles. The van der Waals surface area contributed by atoms with Gasteiger partial charge in [0.2, 0.25) is 5.16 Å². The molecular formula is C15H17ClN5OS+. The largest absolute Gasteiger partial charge is 0.370 e. The molecule has 0 amide bonds. The van der Waals surface area contributed by atoms with Gasteiger partial charge in [0, 0.05) is 15.9 Å². The maximum atomic E-state index is 6.05. The van der Waals surface area contributed by atoms with E-state index in [0.29, 0.717) is 10.2 Å². The molecule has 8 heteroatoms. The van der Waals surface area contributed by atoms with Crippen LogP contribution < -0.4 is 4.90 Å². The third-order valence-corrected chi connectivity index (χ3v) is 5.12. The number of morpholine rings is 1. The lowest BCUT2D eigenvalue weighted by molar-refractivity contribution is -0.905. The first-order chi connectivity index (χ1) is 11.3. The van der Waals surface area contributed by atoms with Crippen LogP contribution in [0.4, 0.5) is 0 Å². The van der Waals surface area contributed by atoms with Gasteiger partial charge < -0.3 is 14.6 Å². The van der Waals surface area contributed by atoms with Gasteiger partial charge in [0.15, 0.2) is 5.65 Å². The van der Waals surface area contributed by atoms with Crippen LogP contribution in [0.2, 0.25) is 5.02 Å². The SMILES string of the molecule is Clc1ccc2[nH]c3nc(SCC[NH+]4CCOCC4)nnc3c2c1. The number of fused-ring (bicyclic) bond motifs is 3. The molecule has 1 saturated heterocycles. The summed E-state index contributed by atoms with van der Waals surface area (Å²) < 4.78 is 5.37. The van der Waals surface area contributed by atoms with E-state index in [0.717, 1.165) is 60.7 Å². The van der Waals surface area contributed by atoms with Crippen LogP contribution in [0.1, 0.15) is 0 Å². The Balaban J connectivity index is 1.49. The van der Waals surface area contributed by atoms with Gasteiger partial charge in [0.25, 0.3) is 0 Å². The van der Waals surface area contributed by atoms with Crippen LogP contribution in [0, 0.1) is 0 Å². The molecule has 1 fully saturated rings. The van der Waals surface area contributed by atoms with Crippen molar-refractivity contribution < 1.29 is 9.64 Å². The molecule has 1 aliphatic rings. The molecule has 0 saturated carbocycles. The predicted molar refractivity (Wildman–Crippen MR) is 91.3 cm³/mol. The van der Waals surface area contributed by atoms with Crippen molar-refractivity contribution in [2.45, 2.75) is 5.16 Å². The van der Waals surface area contributed by atoms with E-state index in [1.807, 2.05) is 18.2 Å². The van der Waals surface area contributed by atoms with Gasteiger partial charge in [-0.1, -0.05) is 23.4 Å². The molecular weight excluding hydrogens is 334 g/mol. The Morgan fingerprint density at radius 1 is 1.26 bits per heavy atom. The van der Waals surface area contributed by atoms with Crippen molar-refractivity contribution in [2.24, 2.45) is 0 Å². The fraction of sp³-hybridized carbons (Fsp3) is 0.400. The van der Waals surface area contributed by atoms with Gasteiger partial charge in [0.1, 0.15) is 18.6 Å². The highest BCUT2D eigenvalue weighted by molar-refractivity contribution is 7.99. The molecule has 2 N–H and O–H groups in total. The highest BCUT2D eigenvalue weighted by Gasteiger charge is 2.14. The van der Waals surface area contributed by atoms with E-state index in [1.54, 1.807) is 16.7 Å². The van der Waals surface area contributed by atoms with Crippen LogP contribution in [0.15, 0.2) is 23.4 Å². The molecule has 3 heterocycles. The zero-order valence-electron chi connectivity index (χ0n) is 12.5. The minimum absolute atomic E-state index is 0.687. The first-order valence-electron chi connectivity index (χ1n) is 7.65. The van der Waals surface area contributed by atoms with Gasteiger partial charge in [0.05, 0.1) is 25.5 Å². The minimum Gasteiger partial charge on any atom is -0.370 e. The molecule has 1 aliphatic heterocycles. The first kappa shape index (κ1) is 15.1. The number of halogens is 1. The molecule has 120 valence electrons. The summed E-state index contributed by atoms with van der Waals surface area (Å²) in [5.74, 6) is 0.981. The normalized spacial score (nSPS) is 16.4. The predicted octanol–water partition coefficient (Wildman–Crippen LogP) is 1.17. The van der Waals surface area contributed by atoms with Crippen molar-refractivity contribution >= 4 is 45.4 Å². The van der Waals surface area contributed by atoms with E-state index in [1.165, 1.54) is 0 Å². The van der Waals surface area contributed by atoms with E-state index in [9.17, 15) is 0 Å². The van der Waals surface area contributed by atoms with E-state index < -0.39 is 0 Å². The molecule has 4 rings (SSSR count). The first-order valence-corrected chi connectivity index (χ1v) is 9.02. The van der Waals surface area contributed by atoms with E-state index in [-0.39, 0.29) is 0 Å². The molecule has 0 unspecified atom stereocenters. The monoisotopic (exact) mass is 350 g/mol. The third kappa shape index (κ3) is 3.28. The molecule has 0 atom stereocenters. The fourth-order valence-electron chi connectivity index (χ4n) is 2.79. The summed E-state index contributed by atoms with van der Waals surface area (Å²) in [5, 5.41) is 10.9. The summed E-state index contributed by atoms with van der Waals surface area (Å²) in [6.45, 7) is 4.99. The second-order valence-electron chi connectivity index (χ2n) is 5.57. The van der Waals surface area contributed by atoms with Crippen molar-refractivity contribution in [3.63, 3.8) is 0 Å². The Morgan fingerprint density at radius 3 is 3.00 bits per heavy atom. The number of nitrogens with one attached hydrogen (secondary N) is 2. The number of rotatable bonds is 4. The van der Waals surface area contributed by atoms with Crippen LogP contribution in [-0.2, 0) is 4.74 Å². The molecule has 23 heavy (non-hydrogen) atoms. The zero-order chi connectivity index (χ0) is 15.6. The Kier molecular flexibility index (Phi) is 4.35. The van der Waals surface area contributed by atoms with Crippen molar-refractivity contribution in [1.29, 1.82) is 0 Å². The van der Waals surface area contributed by atoms with Gasteiger partial charge >= 0.3 is 0 Å². The summed E-state index contributed by atoms with van der Waals surface area (Å²) in [5.41, 5.74) is 2.51. The summed E-state index contributed by atoms with van der Waals surface area (Å²) in [7, 11) is 0. The lowest BCUT2D eigenvalue weighted by atomic mass is 10.2. The maximum absolute atomic E-state index is 6.05. The topological polar surface area (TPSA) is 68.1 Å². The maximum Gasteiger partial charge on any atom is 0.211 e. The van der Waals surface area contributed by atoms with Crippen LogP contribution >= 0.6 is 23.4 Å². The Labute approximate surface area is 142 Å². The van der Waals surface area contributed by atoms with Gasteiger partial charge in [-0.15, -0.1) is 10.2 Å². The molecule has 0 bridgehead atoms. The number of benzene rings is 1. The van der Waals surface area contributed by atoms with E-state index in [4.69, 9.17) is 16.3 Å². The highest BCUT2D eigenvalue weighted by Crippen LogP contribution is 2.25. The number of thioether (sulfide) groups is 1. The van der Waals surface area contributed by atoms with Crippen molar-refractivity contribution in [3.8, 4) is 0 Å². The zero-order valence-corrected chi connectivity index (χ0v) is 14.1. The van der Waals surface area contributed by atoms with Crippen LogP contribution in [0.3, 0.4) is 0 Å². The number of aromatic amines is 1. The molecule has 3 aromatic rings. The summed E-state index contributed by atoms with van der Waals surface area (Å²) in [6.07, 6.45) is 0. The fourth-order valence-corrected chi connectivity index (χ4v) is 3.79. The Morgan fingerprint density at radius 2 is 2.13 bits per heavy atom. The summed E-state index contributed by atoms with van der Waals surface area (Å²) >= 11 is 7.70. The van der Waals surface area contributed by atoms with E-state index >= 15 is 0 Å². The Hall–Kier alpha value is -1.41. The Bertz CT molecular complexity index is 833. The third-order valence-electron chi connectivity index (χ3n) is 4.04. The lowest BCUT2D eigenvalue weighted by Gasteiger charge is -2.23. The number of hydrogen-bond donors (Lipinski definition) is 2. The van der Waals surface area contributed by atoms with Crippen LogP contribution in [0.5, 0.6) is 0 Å². The van der Waals surface area contributed by atoms with Crippen molar-refractivity contribution in [3.05, 3.63) is 23.2 Å². The smallest absolute Gasteiger partial charge is 0.211 e. The summed E-state index contributed by atoms with van der Waals surface area (Å²) in [6, 6.07) is 5.68. The second kappa shape index (κ2) is 6.60. The molecule has 0 spiro atoms. The molecule has 0 radical (unpaired) electrons. The number of nitrogens with zero attached hydrogens (tertiary/aromatic N) is 3. The molecule has 2 aromatic heterocycles. The highest BCUT2D eigenvalue weighted by atomic mass is 35.5. The summed E-state index contributed by atoms with van der Waals surface area (Å²) in [4.78, 5) is 9.44. The van der Waals surface area contributed by atoms with Gasteiger partial charge in [-0.2, -0.15) is 0 Å². The van der Waals surface area contributed by atoms with E-state index in [2.05, 4.69) is 20.2 Å². The number of ether oxygens (including phenoxy) is 1. The van der Waals surface area contributed by atoms with Crippen molar-refractivity contribution in [1.82, 2.24) is 20.2 Å². The number of H-pyrrole nitrogens is 1. The van der Waals surface area contributed by atoms with Gasteiger partial charge in [-0.05, 0) is 18.2 Å². The van der Waals surface area contributed by atoms with Crippen LogP contribution in [-0.4, -0.2) is 58.8 Å². The second-order valence-corrected chi connectivity index (χ2v) is 7.07. The lowest BCUT2D eigenvalue weighted by Crippen LogP contribution is -3.14. The average molecular weight is 351 g/mol. The van der Waals surface area contributed by atoms with Crippen molar-refractivity contribution in [2.75, 3.05) is 38.6 Å². The number of aromatic nitrogens is 4. The molecule has 1 aromatic carbocycles. The number of hydrogen-bond acceptors (Lipinski definition) is 5. The van der Waals surface area contributed by atoms with Crippen LogP contribution in [0.25, 0.3) is 22.1 Å². The number of quaternary nitrogens is 1. The van der Waals surface area contributed by atoms with Gasteiger partial charge in [-0.25, -0.2) is 4.98 Å². The quantitative estimate of drug-likeness (QED) is 0.691. The standard InChI is InChI=1S/C15H16ClN5OS/c16-10-1-2-12-11(9-10)13-14(17-12)18-15(20-19-13)23-8-5-21-3-6-22-7-4-21/h1-2,9H,3-8H2,(H,17,18,20)/p+1.